The van der Waals surface area contributed by atoms with Gasteiger partial charge in [0, 0.05) is 17.5 Å². The highest BCUT2D eigenvalue weighted by atomic mass is 32.1. The third-order valence-electron chi connectivity index (χ3n) is 4.65. The number of nitrogens with one attached hydrogen (secondary N) is 1. The number of rotatable bonds is 6. The largest absolute Gasteiger partial charge is 0.337 e. The summed E-state index contributed by atoms with van der Waals surface area (Å²) in [6.45, 7) is 1.25. The summed E-state index contributed by atoms with van der Waals surface area (Å²) in [4.78, 5) is 16.0. The highest BCUT2D eigenvalue weighted by Crippen LogP contribution is 2.30. The molecule has 0 bridgehead atoms. The van der Waals surface area contributed by atoms with Gasteiger partial charge in [0.15, 0.2) is 0 Å². The lowest BCUT2D eigenvalue weighted by atomic mass is 9.83. The molecule has 1 aromatic rings. The van der Waals surface area contributed by atoms with Gasteiger partial charge >= 0.3 is 0 Å². The Morgan fingerprint density at radius 1 is 1.41 bits per heavy atom. The summed E-state index contributed by atoms with van der Waals surface area (Å²) in [6.07, 6.45) is 7.20. The normalized spacial score (nSPS) is 20.5. The molecule has 5 heteroatoms. The van der Waals surface area contributed by atoms with E-state index in [-0.39, 0.29) is 5.91 Å². The quantitative estimate of drug-likeness (QED) is 0.877. The molecule has 2 fully saturated rings. The van der Waals surface area contributed by atoms with Crippen LogP contribution in [0, 0.1) is 11.3 Å². The van der Waals surface area contributed by atoms with Crippen molar-refractivity contribution in [1.29, 1.82) is 5.26 Å². The summed E-state index contributed by atoms with van der Waals surface area (Å²) in [6, 6.07) is 7.08. The topological polar surface area (TPSA) is 56.1 Å². The average Bonchev–Trinajstić information content (AvgIpc) is 3.25. The Bertz CT molecular complexity index is 539. The van der Waals surface area contributed by atoms with Crippen LogP contribution in [0.25, 0.3) is 0 Å². The lowest BCUT2D eigenvalue weighted by Gasteiger charge is -2.32. The van der Waals surface area contributed by atoms with E-state index >= 15 is 0 Å². The fourth-order valence-electron chi connectivity index (χ4n) is 3.27. The Morgan fingerprint density at radius 2 is 2.18 bits per heavy atom. The second-order valence-electron chi connectivity index (χ2n) is 6.52. The Balaban J connectivity index is 1.58. The second kappa shape index (κ2) is 6.80. The summed E-state index contributed by atoms with van der Waals surface area (Å²) in [5, 5.41) is 14.6. The maximum atomic E-state index is 12.4. The zero-order valence-corrected chi connectivity index (χ0v) is 13.7. The van der Waals surface area contributed by atoms with Crippen molar-refractivity contribution in [1.82, 2.24) is 10.2 Å². The van der Waals surface area contributed by atoms with Gasteiger partial charge in [0.1, 0.15) is 5.54 Å². The molecule has 1 aromatic heterocycles. The lowest BCUT2D eigenvalue weighted by Crippen LogP contribution is -2.51. The van der Waals surface area contributed by atoms with Crippen molar-refractivity contribution < 1.29 is 4.79 Å². The summed E-state index contributed by atoms with van der Waals surface area (Å²) in [5.41, 5.74) is -0.618. The monoisotopic (exact) mass is 317 g/mol. The molecular formula is C17H23N3OS. The molecule has 0 radical (unpaired) electrons. The van der Waals surface area contributed by atoms with E-state index < -0.39 is 5.54 Å². The van der Waals surface area contributed by atoms with Crippen LogP contribution in [0.4, 0.5) is 0 Å². The van der Waals surface area contributed by atoms with Crippen molar-refractivity contribution in [2.24, 2.45) is 0 Å². The second-order valence-corrected chi connectivity index (χ2v) is 7.55. The zero-order valence-electron chi connectivity index (χ0n) is 12.9. The molecule has 3 rings (SSSR count). The molecule has 0 aromatic carbocycles. The lowest BCUT2D eigenvalue weighted by molar-refractivity contribution is -0.124. The third kappa shape index (κ3) is 3.88. The van der Waals surface area contributed by atoms with E-state index in [2.05, 4.69) is 33.8 Å². The van der Waals surface area contributed by atoms with Crippen molar-refractivity contribution in [3.8, 4) is 6.07 Å². The Morgan fingerprint density at radius 3 is 2.77 bits per heavy atom. The van der Waals surface area contributed by atoms with Gasteiger partial charge in [-0.1, -0.05) is 25.3 Å². The summed E-state index contributed by atoms with van der Waals surface area (Å²) in [5.74, 6) is 0.00639. The minimum absolute atomic E-state index is 0.00639. The number of hydrogen-bond acceptors (Lipinski definition) is 4. The highest BCUT2D eigenvalue weighted by molar-refractivity contribution is 7.09. The number of amides is 1. The van der Waals surface area contributed by atoms with E-state index in [1.165, 1.54) is 24.1 Å². The number of carbonyl (C=O) groups is 1. The van der Waals surface area contributed by atoms with Gasteiger partial charge in [-0.25, -0.2) is 0 Å². The molecule has 118 valence electrons. The van der Waals surface area contributed by atoms with Gasteiger partial charge in [-0.2, -0.15) is 5.26 Å². The van der Waals surface area contributed by atoms with Crippen LogP contribution >= 0.6 is 11.3 Å². The van der Waals surface area contributed by atoms with Crippen LogP contribution in [0.15, 0.2) is 17.5 Å². The fraction of sp³-hybridized carbons (Fsp3) is 0.647. The Labute approximate surface area is 136 Å². The molecule has 2 saturated carbocycles. The van der Waals surface area contributed by atoms with Crippen molar-refractivity contribution in [3.05, 3.63) is 22.4 Å². The minimum Gasteiger partial charge on any atom is -0.337 e. The summed E-state index contributed by atoms with van der Waals surface area (Å²) >= 11 is 1.74. The van der Waals surface area contributed by atoms with E-state index in [4.69, 9.17) is 0 Å². The van der Waals surface area contributed by atoms with Crippen molar-refractivity contribution >= 4 is 17.2 Å². The molecule has 0 aliphatic heterocycles. The van der Waals surface area contributed by atoms with Gasteiger partial charge < -0.3 is 5.32 Å². The molecule has 0 spiro atoms. The molecule has 2 aliphatic rings. The van der Waals surface area contributed by atoms with Crippen LogP contribution in [0.1, 0.15) is 49.8 Å². The summed E-state index contributed by atoms with van der Waals surface area (Å²) in [7, 11) is 0. The van der Waals surface area contributed by atoms with E-state index in [9.17, 15) is 10.1 Å². The van der Waals surface area contributed by atoms with Gasteiger partial charge in [-0.05, 0) is 37.1 Å². The number of nitrogens with zero attached hydrogens (tertiary/aromatic N) is 2. The van der Waals surface area contributed by atoms with E-state index in [1.54, 1.807) is 11.3 Å². The Kier molecular flexibility index (Phi) is 4.80. The first-order valence-corrected chi connectivity index (χ1v) is 9.07. The first-order valence-electron chi connectivity index (χ1n) is 8.19. The van der Waals surface area contributed by atoms with Crippen LogP contribution in [0.5, 0.6) is 0 Å². The molecule has 2 aliphatic carbocycles. The molecule has 4 nitrogen and oxygen atoms in total. The van der Waals surface area contributed by atoms with E-state index in [0.29, 0.717) is 12.6 Å². The molecule has 0 unspecified atom stereocenters. The van der Waals surface area contributed by atoms with Crippen LogP contribution in [-0.2, 0) is 11.3 Å². The Hall–Kier alpha value is -1.38. The first kappa shape index (κ1) is 15.5. The fourth-order valence-corrected chi connectivity index (χ4v) is 4.00. The van der Waals surface area contributed by atoms with Crippen molar-refractivity contribution in [2.45, 2.75) is 63.1 Å². The van der Waals surface area contributed by atoms with Crippen LogP contribution < -0.4 is 5.32 Å². The maximum absolute atomic E-state index is 12.4. The molecule has 1 heterocycles. The SMILES string of the molecule is N#CC1(NC(=O)CN(Cc2cccs2)C2CC2)CCCCC1. The molecule has 0 saturated heterocycles. The predicted molar refractivity (Wildman–Crippen MR) is 87.3 cm³/mol. The highest BCUT2D eigenvalue weighted by Gasteiger charge is 2.35. The van der Waals surface area contributed by atoms with Gasteiger partial charge in [0.2, 0.25) is 5.91 Å². The smallest absolute Gasteiger partial charge is 0.235 e. The van der Waals surface area contributed by atoms with Crippen molar-refractivity contribution in [3.63, 3.8) is 0 Å². The minimum atomic E-state index is -0.618. The van der Waals surface area contributed by atoms with Crippen LogP contribution in [0.2, 0.25) is 0 Å². The van der Waals surface area contributed by atoms with Gasteiger partial charge in [-0.15, -0.1) is 11.3 Å². The number of hydrogen-bond donors (Lipinski definition) is 1. The van der Waals surface area contributed by atoms with Crippen LogP contribution in [0.3, 0.4) is 0 Å². The average molecular weight is 317 g/mol. The van der Waals surface area contributed by atoms with Gasteiger partial charge in [0.25, 0.3) is 0 Å². The van der Waals surface area contributed by atoms with Crippen LogP contribution in [-0.4, -0.2) is 28.9 Å². The van der Waals surface area contributed by atoms with Crippen molar-refractivity contribution in [2.75, 3.05) is 6.54 Å². The molecule has 1 amide bonds. The molecule has 22 heavy (non-hydrogen) atoms. The maximum Gasteiger partial charge on any atom is 0.235 e. The standard InChI is InChI=1S/C17H23N3OS/c18-13-17(8-2-1-3-9-17)19-16(21)12-20(14-6-7-14)11-15-5-4-10-22-15/h4-5,10,14H,1-3,6-9,11-12H2,(H,19,21). The molecule has 1 N–H and O–H groups in total. The zero-order chi connectivity index (χ0) is 15.4. The van der Waals surface area contributed by atoms with E-state index in [0.717, 1.165) is 32.2 Å². The third-order valence-corrected chi connectivity index (χ3v) is 5.51. The molecule has 0 atom stereocenters. The predicted octanol–water partition coefficient (Wildman–Crippen LogP) is 3.06. The van der Waals surface area contributed by atoms with E-state index in [1.807, 2.05) is 0 Å². The van der Waals surface area contributed by atoms with Gasteiger partial charge in [0.05, 0.1) is 12.6 Å². The number of thiophene rings is 1. The van der Waals surface area contributed by atoms with Gasteiger partial charge in [-0.3, -0.25) is 9.69 Å². The number of carbonyl (C=O) groups excluding carboxylic acids is 1. The first-order chi connectivity index (χ1) is 10.7. The molecular weight excluding hydrogens is 294 g/mol. The summed E-state index contributed by atoms with van der Waals surface area (Å²) < 4.78 is 0. The number of nitriles is 1.